The number of hydrogen-bond donors (Lipinski definition) is 0. The summed E-state index contributed by atoms with van der Waals surface area (Å²) < 4.78 is 5.68. The maximum atomic E-state index is 5.68. The van der Waals surface area contributed by atoms with E-state index in [4.69, 9.17) is 4.74 Å². The highest BCUT2D eigenvalue weighted by atomic mass is 35.5. The quantitative estimate of drug-likeness (QED) is 0.547. The monoisotopic (exact) mass is 246 g/mol. The summed E-state index contributed by atoms with van der Waals surface area (Å²) in [6.45, 7) is 2.92. The minimum atomic E-state index is 0. The molecule has 1 aromatic rings. The highest BCUT2D eigenvalue weighted by Crippen LogP contribution is 2.16. The van der Waals surface area contributed by atoms with E-state index in [0.717, 1.165) is 18.8 Å². The van der Waals surface area contributed by atoms with Crippen molar-refractivity contribution in [3.63, 3.8) is 0 Å². The third kappa shape index (κ3) is 6.02. The van der Waals surface area contributed by atoms with Gasteiger partial charge in [0, 0.05) is 0 Å². The molecule has 1 aromatic carbocycles. The van der Waals surface area contributed by atoms with Crippen LogP contribution in [0.4, 0.5) is 0 Å². The van der Waals surface area contributed by atoms with E-state index in [1.807, 2.05) is 18.2 Å². The Morgan fingerprint density at radius 3 is 2.53 bits per heavy atom. The van der Waals surface area contributed by atoms with E-state index in [0.29, 0.717) is 0 Å². The van der Waals surface area contributed by atoms with Crippen molar-refractivity contribution in [1.82, 2.24) is 0 Å². The van der Waals surface area contributed by atoms with E-state index >= 15 is 0 Å². The Balaban J connectivity index is 0.00000196. The molecule has 3 heteroatoms. The van der Waals surface area contributed by atoms with Crippen LogP contribution < -0.4 is 4.74 Å². The van der Waals surface area contributed by atoms with Gasteiger partial charge in [0.1, 0.15) is 5.75 Å². The van der Waals surface area contributed by atoms with Crippen molar-refractivity contribution in [2.24, 2.45) is 0 Å². The summed E-state index contributed by atoms with van der Waals surface area (Å²) in [6, 6.07) is 8.17. The minimum absolute atomic E-state index is 0. The molecule has 15 heavy (non-hydrogen) atoms. The van der Waals surface area contributed by atoms with Crippen LogP contribution >= 0.6 is 21.6 Å². The fourth-order valence-electron chi connectivity index (χ4n) is 1.32. The van der Waals surface area contributed by atoms with E-state index in [1.165, 1.54) is 24.6 Å². The van der Waals surface area contributed by atoms with Crippen LogP contribution in [0.2, 0.25) is 0 Å². The predicted octanol–water partition coefficient (Wildman–Crippen LogP) is 3.84. The van der Waals surface area contributed by atoms with Gasteiger partial charge in [0.15, 0.2) is 0 Å². The Hall–Kier alpha value is -0.260. The summed E-state index contributed by atoms with van der Waals surface area (Å²) in [5, 5.41) is 0. The second kappa shape index (κ2) is 9.00. The molecule has 1 unspecified atom stereocenters. The van der Waals surface area contributed by atoms with Crippen LogP contribution in [0.25, 0.3) is 0 Å². The zero-order chi connectivity index (χ0) is 10.2. The first kappa shape index (κ1) is 14.7. The SMILES string of the molecule is Cc1ccccc1OCCCCCP.Cl. The van der Waals surface area contributed by atoms with Gasteiger partial charge in [-0.1, -0.05) is 18.2 Å². The van der Waals surface area contributed by atoms with Crippen molar-refractivity contribution in [3.8, 4) is 5.75 Å². The van der Waals surface area contributed by atoms with Gasteiger partial charge in [-0.2, -0.15) is 0 Å². The molecule has 0 aliphatic heterocycles. The maximum absolute atomic E-state index is 5.68. The molecule has 0 bridgehead atoms. The van der Waals surface area contributed by atoms with Gasteiger partial charge in [-0.25, -0.2) is 0 Å². The molecule has 1 atom stereocenters. The second-order valence-corrected chi connectivity index (χ2v) is 4.04. The summed E-state index contributed by atoms with van der Waals surface area (Å²) in [4.78, 5) is 0. The van der Waals surface area contributed by atoms with Gasteiger partial charge in [0.05, 0.1) is 6.61 Å². The van der Waals surface area contributed by atoms with Crippen LogP contribution in [0.15, 0.2) is 24.3 Å². The molecule has 0 amide bonds. The lowest BCUT2D eigenvalue weighted by molar-refractivity contribution is 0.304. The van der Waals surface area contributed by atoms with Crippen molar-refractivity contribution in [2.45, 2.75) is 26.2 Å². The molecule has 0 saturated carbocycles. The smallest absolute Gasteiger partial charge is 0.122 e. The fourth-order valence-corrected chi connectivity index (χ4v) is 1.61. The Morgan fingerprint density at radius 2 is 1.87 bits per heavy atom. The molecular formula is C12H20ClOP. The number of aryl methyl sites for hydroxylation is 1. The first-order valence-corrected chi connectivity index (χ1v) is 6.04. The highest BCUT2D eigenvalue weighted by Gasteiger charge is 1.96. The molecule has 0 radical (unpaired) electrons. The molecule has 86 valence electrons. The number of halogens is 1. The van der Waals surface area contributed by atoms with Crippen LogP contribution in [-0.4, -0.2) is 12.8 Å². The predicted molar refractivity (Wildman–Crippen MR) is 72.4 cm³/mol. The number of ether oxygens (including phenoxy) is 1. The molecule has 0 aliphatic rings. The first-order chi connectivity index (χ1) is 6.84. The number of benzene rings is 1. The highest BCUT2D eigenvalue weighted by molar-refractivity contribution is 7.16. The molecule has 0 N–H and O–H groups in total. The van der Waals surface area contributed by atoms with Crippen LogP contribution in [-0.2, 0) is 0 Å². The average Bonchev–Trinajstić information content (AvgIpc) is 2.20. The molecular weight excluding hydrogens is 227 g/mol. The van der Waals surface area contributed by atoms with Crippen LogP contribution in [0.3, 0.4) is 0 Å². The Morgan fingerprint density at radius 1 is 1.13 bits per heavy atom. The Kier molecular flexibility index (Phi) is 8.85. The molecule has 1 rings (SSSR count). The molecule has 0 spiro atoms. The van der Waals surface area contributed by atoms with E-state index in [2.05, 4.69) is 22.2 Å². The lowest BCUT2D eigenvalue weighted by Crippen LogP contribution is -1.98. The van der Waals surface area contributed by atoms with Crippen LogP contribution in [0, 0.1) is 6.92 Å². The third-order valence-corrected chi connectivity index (χ3v) is 2.61. The van der Waals surface area contributed by atoms with Crippen molar-refractivity contribution in [3.05, 3.63) is 29.8 Å². The van der Waals surface area contributed by atoms with Gasteiger partial charge >= 0.3 is 0 Å². The maximum Gasteiger partial charge on any atom is 0.122 e. The van der Waals surface area contributed by atoms with Crippen molar-refractivity contribution in [2.75, 3.05) is 12.8 Å². The average molecular weight is 247 g/mol. The molecule has 0 aliphatic carbocycles. The van der Waals surface area contributed by atoms with Crippen molar-refractivity contribution < 1.29 is 4.74 Å². The van der Waals surface area contributed by atoms with E-state index in [9.17, 15) is 0 Å². The van der Waals surface area contributed by atoms with E-state index in [-0.39, 0.29) is 12.4 Å². The summed E-state index contributed by atoms with van der Waals surface area (Å²) >= 11 is 0. The standard InChI is InChI=1S/C12H19OP.ClH/c1-11-7-3-4-8-12(11)13-9-5-2-6-10-14;/h3-4,7-8H,2,5-6,9-10,14H2,1H3;1H. The lowest BCUT2D eigenvalue weighted by Gasteiger charge is -2.07. The van der Waals surface area contributed by atoms with Gasteiger partial charge in [0.25, 0.3) is 0 Å². The molecule has 0 saturated heterocycles. The summed E-state index contributed by atoms with van der Waals surface area (Å²) in [7, 11) is 2.75. The third-order valence-electron chi connectivity index (χ3n) is 2.20. The van der Waals surface area contributed by atoms with Gasteiger partial charge in [0.2, 0.25) is 0 Å². The minimum Gasteiger partial charge on any atom is -0.493 e. The number of hydrogen-bond acceptors (Lipinski definition) is 1. The van der Waals surface area contributed by atoms with Crippen molar-refractivity contribution in [1.29, 1.82) is 0 Å². The van der Waals surface area contributed by atoms with Gasteiger partial charge in [-0.3, -0.25) is 0 Å². The number of unbranched alkanes of at least 4 members (excludes halogenated alkanes) is 2. The first-order valence-electron chi connectivity index (χ1n) is 5.23. The number of rotatable bonds is 6. The summed E-state index contributed by atoms with van der Waals surface area (Å²) in [5.74, 6) is 1.03. The number of para-hydroxylation sites is 1. The lowest BCUT2D eigenvalue weighted by atomic mass is 10.2. The van der Waals surface area contributed by atoms with E-state index < -0.39 is 0 Å². The largest absolute Gasteiger partial charge is 0.493 e. The molecule has 0 aromatic heterocycles. The second-order valence-electron chi connectivity index (χ2n) is 3.46. The fraction of sp³-hybridized carbons (Fsp3) is 0.500. The van der Waals surface area contributed by atoms with Gasteiger partial charge in [-0.15, -0.1) is 21.6 Å². The summed E-state index contributed by atoms with van der Waals surface area (Å²) in [5.41, 5.74) is 1.22. The Bertz CT molecular complexity index is 266. The van der Waals surface area contributed by atoms with E-state index in [1.54, 1.807) is 0 Å². The normalized spacial score (nSPS) is 9.47. The van der Waals surface area contributed by atoms with Crippen molar-refractivity contribution >= 4 is 21.6 Å². The Labute approximate surface area is 101 Å². The van der Waals surface area contributed by atoms with Crippen LogP contribution in [0.1, 0.15) is 24.8 Å². The topological polar surface area (TPSA) is 9.23 Å². The molecule has 0 fully saturated rings. The summed E-state index contributed by atoms with van der Waals surface area (Å²) in [6.07, 6.45) is 4.89. The van der Waals surface area contributed by atoms with Crippen LogP contribution in [0.5, 0.6) is 5.75 Å². The van der Waals surface area contributed by atoms with Gasteiger partial charge < -0.3 is 4.74 Å². The van der Waals surface area contributed by atoms with Gasteiger partial charge in [-0.05, 0) is 44.0 Å². The molecule has 0 heterocycles. The zero-order valence-electron chi connectivity index (χ0n) is 9.24. The molecule has 1 nitrogen and oxygen atoms in total. The zero-order valence-corrected chi connectivity index (χ0v) is 11.2.